The van der Waals surface area contributed by atoms with Crippen LogP contribution in [0.5, 0.6) is 5.75 Å². The Labute approximate surface area is 154 Å². The summed E-state index contributed by atoms with van der Waals surface area (Å²) in [4.78, 5) is 4.13. The van der Waals surface area contributed by atoms with Gasteiger partial charge in [-0.3, -0.25) is 0 Å². The molecule has 0 aliphatic carbocycles. The highest BCUT2D eigenvalue weighted by molar-refractivity contribution is 8.06. The van der Waals surface area contributed by atoms with Crippen LogP contribution < -0.4 is 4.74 Å². The summed E-state index contributed by atoms with van der Waals surface area (Å²) < 4.78 is 36.3. The first-order valence-corrected chi connectivity index (χ1v) is 9.98. The summed E-state index contributed by atoms with van der Waals surface area (Å²) in [5, 5.41) is -0.193. The summed E-state index contributed by atoms with van der Waals surface area (Å²) in [6.45, 7) is 8.62. The number of nitrogens with zero attached hydrogens (tertiary/aromatic N) is 1. The van der Waals surface area contributed by atoms with Gasteiger partial charge in [0.05, 0.1) is 11.4 Å². The maximum atomic E-state index is 12.7. The Bertz CT molecular complexity index is 939. The number of aliphatic imine (C=N–C) groups is 1. The van der Waals surface area contributed by atoms with Gasteiger partial charge in [0, 0.05) is 0 Å². The van der Waals surface area contributed by atoms with Crippen LogP contribution in [0.2, 0.25) is 0 Å². The predicted molar refractivity (Wildman–Crippen MR) is 102 cm³/mol. The Hall–Kier alpha value is -2.34. The summed E-state index contributed by atoms with van der Waals surface area (Å²) in [5.41, 5.74) is 2.50. The smallest absolute Gasteiger partial charge is 0.310 e. The fraction of sp³-hybridized carbons (Fsp3) is 0.350. The molecule has 2 aromatic rings. The first-order chi connectivity index (χ1) is 12.2. The van der Waals surface area contributed by atoms with Gasteiger partial charge < -0.3 is 9.47 Å². The Balaban J connectivity index is 1.96. The lowest BCUT2D eigenvalue weighted by Crippen LogP contribution is -2.22. The van der Waals surface area contributed by atoms with Crippen LogP contribution in [0.15, 0.2) is 52.4 Å². The van der Waals surface area contributed by atoms with E-state index in [2.05, 4.69) is 4.99 Å². The molecule has 1 aliphatic heterocycles. The number of ether oxygens (including phenoxy) is 2. The molecule has 0 N–H and O–H groups in total. The van der Waals surface area contributed by atoms with Gasteiger partial charge in [-0.05, 0) is 68.7 Å². The van der Waals surface area contributed by atoms with Crippen molar-refractivity contribution in [2.75, 3.05) is 13.2 Å². The van der Waals surface area contributed by atoms with Gasteiger partial charge in [0.1, 0.15) is 18.0 Å². The molecule has 3 rings (SSSR count). The quantitative estimate of drug-likeness (QED) is 0.816. The molecule has 26 heavy (non-hydrogen) atoms. The van der Waals surface area contributed by atoms with Crippen molar-refractivity contribution >= 4 is 15.1 Å². The van der Waals surface area contributed by atoms with E-state index in [1.165, 1.54) is 0 Å². The monoisotopic (exact) mass is 373 g/mol. The zero-order valence-electron chi connectivity index (χ0n) is 15.4. The maximum Gasteiger partial charge on any atom is 0.310 e. The van der Waals surface area contributed by atoms with Gasteiger partial charge in [0.25, 0.3) is 9.84 Å². The van der Waals surface area contributed by atoms with Gasteiger partial charge in [-0.2, -0.15) is 0 Å². The fourth-order valence-electron chi connectivity index (χ4n) is 2.71. The Morgan fingerprint density at radius 2 is 1.77 bits per heavy atom. The molecule has 1 aliphatic rings. The standard InChI is InChI=1S/C20H23NO4S/c1-14-5-10-17(26(22,23)19-21-11-12-24-19)13-18(14)15-6-8-16(9-7-15)25-20(2,3)4/h5-10,13H,11-12H2,1-4H3. The minimum absolute atomic E-state index is 0.189. The van der Waals surface area contributed by atoms with Gasteiger partial charge >= 0.3 is 5.23 Å². The van der Waals surface area contributed by atoms with Crippen LogP contribution in [0, 0.1) is 6.92 Å². The second kappa shape index (κ2) is 6.76. The molecule has 0 atom stereocenters. The average molecular weight is 373 g/mol. The largest absolute Gasteiger partial charge is 0.488 e. The molecule has 0 aromatic heterocycles. The number of aryl methyl sites for hydroxylation is 1. The zero-order valence-corrected chi connectivity index (χ0v) is 16.3. The van der Waals surface area contributed by atoms with Crippen molar-refractivity contribution < 1.29 is 17.9 Å². The van der Waals surface area contributed by atoms with E-state index in [0.29, 0.717) is 13.2 Å². The molecule has 0 unspecified atom stereocenters. The van der Waals surface area contributed by atoms with Gasteiger partial charge in [0.2, 0.25) is 0 Å². The van der Waals surface area contributed by atoms with Gasteiger partial charge in [-0.15, -0.1) is 0 Å². The van der Waals surface area contributed by atoms with Crippen LogP contribution in [0.3, 0.4) is 0 Å². The molecule has 0 saturated carbocycles. The van der Waals surface area contributed by atoms with E-state index in [1.807, 2.05) is 52.0 Å². The zero-order chi connectivity index (χ0) is 18.9. The van der Waals surface area contributed by atoms with Crippen molar-refractivity contribution in [2.24, 2.45) is 4.99 Å². The number of rotatable bonds is 3. The number of sulfone groups is 1. The molecular formula is C20H23NO4S. The van der Waals surface area contributed by atoms with Crippen molar-refractivity contribution in [3.63, 3.8) is 0 Å². The van der Waals surface area contributed by atoms with Crippen LogP contribution in [-0.4, -0.2) is 32.4 Å². The van der Waals surface area contributed by atoms with E-state index >= 15 is 0 Å². The normalized spacial score (nSPS) is 14.7. The van der Waals surface area contributed by atoms with Crippen molar-refractivity contribution in [2.45, 2.75) is 38.2 Å². The molecule has 0 radical (unpaired) electrons. The van der Waals surface area contributed by atoms with Crippen LogP contribution in [0.4, 0.5) is 0 Å². The van der Waals surface area contributed by atoms with E-state index in [9.17, 15) is 8.42 Å². The molecule has 6 heteroatoms. The minimum atomic E-state index is -3.72. The second-order valence-electron chi connectivity index (χ2n) is 7.22. The lowest BCUT2D eigenvalue weighted by Gasteiger charge is -2.21. The van der Waals surface area contributed by atoms with Crippen molar-refractivity contribution in [1.29, 1.82) is 0 Å². The van der Waals surface area contributed by atoms with Gasteiger partial charge in [-0.25, -0.2) is 13.4 Å². The maximum absolute atomic E-state index is 12.7. The van der Waals surface area contributed by atoms with Crippen molar-refractivity contribution in [3.05, 3.63) is 48.0 Å². The number of benzene rings is 2. The summed E-state index contributed by atoms with van der Waals surface area (Å²) in [6, 6.07) is 12.7. The molecule has 0 amide bonds. The topological polar surface area (TPSA) is 65.0 Å². The Morgan fingerprint density at radius 1 is 1.08 bits per heavy atom. The summed E-state index contributed by atoms with van der Waals surface area (Å²) >= 11 is 0. The highest BCUT2D eigenvalue weighted by atomic mass is 32.2. The predicted octanol–water partition coefficient (Wildman–Crippen LogP) is 4.00. The summed E-state index contributed by atoms with van der Waals surface area (Å²) in [6.07, 6.45) is 0. The third-order valence-electron chi connectivity index (χ3n) is 3.90. The molecule has 0 spiro atoms. The molecule has 0 fully saturated rings. The van der Waals surface area contributed by atoms with Crippen molar-refractivity contribution in [1.82, 2.24) is 0 Å². The lowest BCUT2D eigenvalue weighted by molar-refractivity contribution is 0.131. The van der Waals surface area contributed by atoms with Crippen LogP contribution in [0.1, 0.15) is 26.3 Å². The van der Waals surface area contributed by atoms with E-state index in [1.54, 1.807) is 18.2 Å². The van der Waals surface area contributed by atoms with Crippen LogP contribution in [0.25, 0.3) is 11.1 Å². The highest BCUT2D eigenvalue weighted by Crippen LogP contribution is 2.30. The molecule has 2 aromatic carbocycles. The first kappa shape index (κ1) is 18.5. The van der Waals surface area contributed by atoms with E-state index in [-0.39, 0.29) is 15.7 Å². The fourth-order valence-corrected chi connectivity index (χ4v) is 3.94. The number of hydrogen-bond acceptors (Lipinski definition) is 5. The Kier molecular flexibility index (Phi) is 4.80. The molecule has 5 nitrogen and oxygen atoms in total. The lowest BCUT2D eigenvalue weighted by atomic mass is 10.0. The van der Waals surface area contributed by atoms with E-state index < -0.39 is 9.84 Å². The molecule has 0 saturated heterocycles. The van der Waals surface area contributed by atoms with Crippen molar-refractivity contribution in [3.8, 4) is 16.9 Å². The summed E-state index contributed by atoms with van der Waals surface area (Å²) in [5.74, 6) is 0.774. The minimum Gasteiger partial charge on any atom is -0.488 e. The summed E-state index contributed by atoms with van der Waals surface area (Å²) in [7, 11) is -3.72. The SMILES string of the molecule is Cc1ccc(S(=O)(=O)C2=NCCO2)cc1-c1ccc(OC(C)(C)C)cc1. The van der Waals surface area contributed by atoms with Crippen LogP contribution >= 0.6 is 0 Å². The second-order valence-corrected chi connectivity index (χ2v) is 9.04. The van der Waals surface area contributed by atoms with E-state index in [4.69, 9.17) is 9.47 Å². The average Bonchev–Trinajstić information content (AvgIpc) is 3.10. The molecule has 138 valence electrons. The molecule has 0 bridgehead atoms. The Morgan fingerprint density at radius 3 is 2.35 bits per heavy atom. The highest BCUT2D eigenvalue weighted by Gasteiger charge is 2.27. The third kappa shape index (κ3) is 3.90. The van der Waals surface area contributed by atoms with Crippen LogP contribution in [-0.2, 0) is 14.6 Å². The van der Waals surface area contributed by atoms with Gasteiger partial charge in [0.15, 0.2) is 0 Å². The number of hydrogen-bond donors (Lipinski definition) is 0. The first-order valence-electron chi connectivity index (χ1n) is 8.49. The molecular weight excluding hydrogens is 350 g/mol. The molecule has 1 heterocycles. The van der Waals surface area contributed by atoms with E-state index in [0.717, 1.165) is 22.4 Å². The van der Waals surface area contributed by atoms with Gasteiger partial charge in [-0.1, -0.05) is 18.2 Å². The third-order valence-corrected chi connectivity index (χ3v) is 5.48.